The number of aliphatic hydroxyl groups is 1. The van der Waals surface area contributed by atoms with Crippen LogP contribution in [0.25, 0.3) is 0 Å². The molecular weight excluding hydrogens is 238 g/mol. The topological polar surface area (TPSA) is 29.5 Å². The van der Waals surface area contributed by atoms with Gasteiger partial charge >= 0.3 is 0 Å². The molecule has 1 unspecified atom stereocenters. The molecule has 4 heteroatoms. The van der Waals surface area contributed by atoms with Crippen molar-refractivity contribution in [3.63, 3.8) is 0 Å². The summed E-state index contributed by atoms with van der Waals surface area (Å²) in [7, 11) is 0. The molecule has 2 rings (SSSR count). The molecule has 0 aromatic heterocycles. The van der Waals surface area contributed by atoms with Gasteiger partial charge in [0.1, 0.15) is 11.5 Å². The Morgan fingerprint density at radius 2 is 1.56 bits per heavy atom. The summed E-state index contributed by atoms with van der Waals surface area (Å²) in [5, 5.41) is 9.34. The molecular formula is C14H12F2O2. The molecule has 0 heterocycles. The average molecular weight is 250 g/mol. The van der Waals surface area contributed by atoms with E-state index in [0.29, 0.717) is 5.75 Å². The van der Waals surface area contributed by atoms with Crippen LogP contribution in [-0.2, 0) is 0 Å². The Kier molecular flexibility index (Phi) is 3.58. The molecule has 0 bridgehead atoms. The predicted molar refractivity (Wildman–Crippen MR) is 63.5 cm³/mol. The van der Waals surface area contributed by atoms with Crippen LogP contribution in [0, 0.1) is 11.6 Å². The van der Waals surface area contributed by atoms with E-state index in [1.54, 1.807) is 31.2 Å². The van der Waals surface area contributed by atoms with Gasteiger partial charge in [-0.1, -0.05) is 12.1 Å². The van der Waals surface area contributed by atoms with Gasteiger partial charge in [-0.25, -0.2) is 8.78 Å². The van der Waals surface area contributed by atoms with Gasteiger partial charge in [-0.05, 0) is 36.8 Å². The Labute approximate surface area is 103 Å². The third kappa shape index (κ3) is 2.84. The Morgan fingerprint density at radius 3 is 2.11 bits per heavy atom. The molecule has 1 N–H and O–H groups in total. The molecule has 2 aromatic rings. The van der Waals surface area contributed by atoms with E-state index < -0.39 is 17.7 Å². The van der Waals surface area contributed by atoms with Crippen LogP contribution in [0.3, 0.4) is 0 Å². The fourth-order valence-corrected chi connectivity index (χ4v) is 1.49. The van der Waals surface area contributed by atoms with Gasteiger partial charge in [0.25, 0.3) is 0 Å². The number of hydrogen-bond donors (Lipinski definition) is 1. The molecule has 0 spiro atoms. The van der Waals surface area contributed by atoms with Gasteiger partial charge in [0, 0.05) is 6.07 Å². The smallest absolute Gasteiger partial charge is 0.162 e. The lowest BCUT2D eigenvalue weighted by atomic mass is 10.1. The van der Waals surface area contributed by atoms with Crippen molar-refractivity contribution in [2.75, 3.05) is 0 Å². The second-order valence-electron chi connectivity index (χ2n) is 3.92. The molecule has 0 radical (unpaired) electrons. The third-order valence-electron chi connectivity index (χ3n) is 2.49. The Balaban J connectivity index is 2.15. The first-order chi connectivity index (χ1) is 8.56. The van der Waals surface area contributed by atoms with Gasteiger partial charge in [0.2, 0.25) is 0 Å². The van der Waals surface area contributed by atoms with Gasteiger partial charge in [-0.2, -0.15) is 0 Å². The molecule has 18 heavy (non-hydrogen) atoms. The zero-order chi connectivity index (χ0) is 13.1. The van der Waals surface area contributed by atoms with Crippen molar-refractivity contribution >= 4 is 0 Å². The quantitative estimate of drug-likeness (QED) is 0.897. The SMILES string of the molecule is CC(O)c1ccc(Oc2ccc(F)c(F)c2)cc1. The van der Waals surface area contributed by atoms with E-state index in [0.717, 1.165) is 17.7 Å². The highest BCUT2D eigenvalue weighted by atomic mass is 19.2. The molecule has 0 fully saturated rings. The highest BCUT2D eigenvalue weighted by Crippen LogP contribution is 2.24. The minimum absolute atomic E-state index is 0.221. The first-order valence-electron chi connectivity index (χ1n) is 5.47. The number of halogens is 2. The van der Waals surface area contributed by atoms with E-state index in [9.17, 15) is 13.9 Å². The summed E-state index contributed by atoms with van der Waals surface area (Å²) in [4.78, 5) is 0. The van der Waals surface area contributed by atoms with Crippen molar-refractivity contribution in [1.82, 2.24) is 0 Å². The van der Waals surface area contributed by atoms with Crippen molar-refractivity contribution in [3.8, 4) is 11.5 Å². The van der Waals surface area contributed by atoms with E-state index in [-0.39, 0.29) is 5.75 Å². The molecule has 0 aliphatic carbocycles. The van der Waals surface area contributed by atoms with Gasteiger partial charge in [0.15, 0.2) is 11.6 Å². The van der Waals surface area contributed by atoms with Crippen LogP contribution >= 0.6 is 0 Å². The lowest BCUT2D eigenvalue weighted by Crippen LogP contribution is -1.91. The Morgan fingerprint density at radius 1 is 0.944 bits per heavy atom. The van der Waals surface area contributed by atoms with E-state index >= 15 is 0 Å². The van der Waals surface area contributed by atoms with Crippen LogP contribution in [0.2, 0.25) is 0 Å². The average Bonchev–Trinajstić information content (AvgIpc) is 2.34. The first-order valence-corrected chi connectivity index (χ1v) is 5.47. The number of hydrogen-bond acceptors (Lipinski definition) is 2. The monoisotopic (exact) mass is 250 g/mol. The van der Waals surface area contributed by atoms with Gasteiger partial charge in [-0.15, -0.1) is 0 Å². The largest absolute Gasteiger partial charge is 0.457 e. The number of aliphatic hydroxyl groups excluding tert-OH is 1. The zero-order valence-corrected chi connectivity index (χ0v) is 9.73. The molecule has 0 saturated heterocycles. The van der Waals surface area contributed by atoms with E-state index in [2.05, 4.69) is 0 Å². The second-order valence-corrected chi connectivity index (χ2v) is 3.92. The summed E-state index contributed by atoms with van der Waals surface area (Å²) in [5.41, 5.74) is 0.757. The summed E-state index contributed by atoms with van der Waals surface area (Å²) in [6, 6.07) is 10.1. The number of benzene rings is 2. The molecule has 1 atom stereocenters. The lowest BCUT2D eigenvalue weighted by molar-refractivity contribution is 0.199. The van der Waals surface area contributed by atoms with Crippen molar-refractivity contribution < 1.29 is 18.6 Å². The lowest BCUT2D eigenvalue weighted by Gasteiger charge is -2.08. The molecule has 2 aromatic carbocycles. The molecule has 0 saturated carbocycles. The summed E-state index contributed by atoms with van der Waals surface area (Å²) < 4.78 is 31.0. The minimum Gasteiger partial charge on any atom is -0.457 e. The van der Waals surface area contributed by atoms with E-state index in [1.807, 2.05) is 0 Å². The summed E-state index contributed by atoms with van der Waals surface area (Å²) >= 11 is 0. The number of rotatable bonds is 3. The highest BCUT2D eigenvalue weighted by molar-refractivity contribution is 5.34. The third-order valence-corrected chi connectivity index (χ3v) is 2.49. The highest BCUT2D eigenvalue weighted by Gasteiger charge is 2.05. The maximum atomic E-state index is 13.0. The summed E-state index contributed by atoms with van der Waals surface area (Å²) in [6.45, 7) is 1.66. The molecule has 0 amide bonds. The number of ether oxygens (including phenoxy) is 1. The normalized spacial score (nSPS) is 12.2. The van der Waals surface area contributed by atoms with Crippen LogP contribution in [-0.4, -0.2) is 5.11 Å². The van der Waals surface area contributed by atoms with Gasteiger partial charge in [-0.3, -0.25) is 0 Å². The predicted octanol–water partition coefficient (Wildman–Crippen LogP) is 3.81. The molecule has 0 aliphatic heterocycles. The van der Waals surface area contributed by atoms with Crippen LogP contribution in [0.5, 0.6) is 11.5 Å². The first kappa shape index (κ1) is 12.5. The summed E-state index contributed by atoms with van der Waals surface area (Å²) in [5.74, 6) is -1.15. The maximum absolute atomic E-state index is 13.0. The fraction of sp³-hybridized carbons (Fsp3) is 0.143. The molecule has 94 valence electrons. The van der Waals surface area contributed by atoms with Crippen molar-refractivity contribution in [2.45, 2.75) is 13.0 Å². The van der Waals surface area contributed by atoms with Crippen molar-refractivity contribution in [1.29, 1.82) is 0 Å². The van der Waals surface area contributed by atoms with Crippen molar-refractivity contribution in [2.24, 2.45) is 0 Å². The molecule has 2 nitrogen and oxygen atoms in total. The fourth-order valence-electron chi connectivity index (χ4n) is 1.49. The van der Waals surface area contributed by atoms with Crippen LogP contribution in [0.15, 0.2) is 42.5 Å². The molecule has 0 aliphatic rings. The van der Waals surface area contributed by atoms with Crippen LogP contribution < -0.4 is 4.74 Å². The second kappa shape index (κ2) is 5.14. The van der Waals surface area contributed by atoms with Crippen LogP contribution in [0.4, 0.5) is 8.78 Å². The van der Waals surface area contributed by atoms with Gasteiger partial charge < -0.3 is 9.84 Å². The zero-order valence-electron chi connectivity index (χ0n) is 9.73. The van der Waals surface area contributed by atoms with Gasteiger partial charge in [0.05, 0.1) is 6.10 Å². The Bertz CT molecular complexity index is 536. The van der Waals surface area contributed by atoms with E-state index in [4.69, 9.17) is 4.74 Å². The minimum atomic E-state index is -0.951. The van der Waals surface area contributed by atoms with Crippen molar-refractivity contribution in [3.05, 3.63) is 59.7 Å². The summed E-state index contributed by atoms with van der Waals surface area (Å²) in [6.07, 6.45) is -0.553. The Hall–Kier alpha value is -1.94. The standard InChI is InChI=1S/C14H12F2O2/c1-9(17)10-2-4-11(5-3-10)18-12-6-7-13(15)14(16)8-12/h2-9,17H,1H3. The van der Waals surface area contributed by atoms with Crippen LogP contribution in [0.1, 0.15) is 18.6 Å². The maximum Gasteiger partial charge on any atom is 0.162 e. The van der Waals surface area contributed by atoms with E-state index in [1.165, 1.54) is 6.07 Å².